The summed E-state index contributed by atoms with van der Waals surface area (Å²) < 4.78 is 5.63. The average molecular weight is 313 g/mol. The van der Waals surface area contributed by atoms with Crippen LogP contribution in [0.4, 0.5) is 5.69 Å². The number of hydrogen-bond acceptors (Lipinski definition) is 5. The molecule has 0 radical (unpaired) electrons. The summed E-state index contributed by atoms with van der Waals surface area (Å²) in [6.07, 6.45) is 2.54. The Morgan fingerprint density at radius 3 is 2.91 bits per heavy atom. The molecular formula is C16H15N3O4. The Balaban J connectivity index is 1.61. The predicted molar refractivity (Wildman–Crippen MR) is 83.4 cm³/mol. The zero-order valence-corrected chi connectivity index (χ0v) is 12.4. The molecule has 1 N–H and O–H groups in total. The van der Waals surface area contributed by atoms with Gasteiger partial charge in [-0.2, -0.15) is 5.10 Å². The number of nitrogens with one attached hydrogen (secondary N) is 1. The SMILES string of the molecule is C[C@H]1C[C@H]1c1ccc(/C=N\NC(=O)c2cccc([N+](=O)[O-])c2)o1. The van der Waals surface area contributed by atoms with Crippen LogP contribution in [0.15, 0.2) is 45.9 Å². The molecule has 0 aliphatic heterocycles. The zero-order valence-electron chi connectivity index (χ0n) is 12.4. The number of hydrogen-bond donors (Lipinski definition) is 1. The molecule has 118 valence electrons. The number of hydrazone groups is 1. The van der Waals surface area contributed by atoms with Crippen molar-refractivity contribution in [1.82, 2.24) is 5.43 Å². The molecule has 1 aromatic carbocycles. The highest BCUT2D eigenvalue weighted by Crippen LogP contribution is 2.47. The van der Waals surface area contributed by atoms with Gasteiger partial charge in [0.05, 0.1) is 11.1 Å². The third-order valence-corrected chi connectivity index (χ3v) is 3.80. The first-order valence-electron chi connectivity index (χ1n) is 7.22. The maximum absolute atomic E-state index is 11.9. The summed E-state index contributed by atoms with van der Waals surface area (Å²) in [5.74, 6) is 2.10. The Labute approximate surface area is 132 Å². The monoisotopic (exact) mass is 313 g/mol. The van der Waals surface area contributed by atoms with Gasteiger partial charge < -0.3 is 4.42 Å². The number of rotatable bonds is 5. The van der Waals surface area contributed by atoms with Crippen LogP contribution in [0, 0.1) is 16.0 Å². The van der Waals surface area contributed by atoms with E-state index in [1.165, 1.54) is 30.5 Å². The molecule has 1 saturated carbocycles. The van der Waals surface area contributed by atoms with E-state index in [0.29, 0.717) is 17.6 Å². The molecule has 0 saturated heterocycles. The summed E-state index contributed by atoms with van der Waals surface area (Å²) in [5.41, 5.74) is 2.35. The molecule has 2 aromatic rings. The molecule has 1 aliphatic carbocycles. The number of nitro groups is 1. The molecule has 1 aliphatic rings. The Morgan fingerprint density at radius 1 is 1.43 bits per heavy atom. The van der Waals surface area contributed by atoms with E-state index in [1.54, 1.807) is 6.07 Å². The molecule has 23 heavy (non-hydrogen) atoms. The lowest BCUT2D eigenvalue weighted by molar-refractivity contribution is -0.384. The topological polar surface area (TPSA) is 97.7 Å². The largest absolute Gasteiger partial charge is 0.460 e. The van der Waals surface area contributed by atoms with Crippen molar-refractivity contribution in [3.63, 3.8) is 0 Å². The molecule has 1 amide bonds. The van der Waals surface area contributed by atoms with Gasteiger partial charge in [0.1, 0.15) is 11.5 Å². The molecule has 1 heterocycles. The lowest BCUT2D eigenvalue weighted by Crippen LogP contribution is -2.17. The van der Waals surface area contributed by atoms with Crippen LogP contribution in [0.3, 0.4) is 0 Å². The number of furan rings is 1. The van der Waals surface area contributed by atoms with Crippen molar-refractivity contribution in [2.75, 3.05) is 0 Å². The van der Waals surface area contributed by atoms with Crippen LogP contribution in [0.25, 0.3) is 0 Å². The second-order valence-electron chi connectivity index (χ2n) is 5.57. The fraction of sp³-hybridized carbons (Fsp3) is 0.250. The van der Waals surface area contributed by atoms with Gasteiger partial charge in [0.15, 0.2) is 0 Å². The van der Waals surface area contributed by atoms with Crippen LogP contribution >= 0.6 is 0 Å². The van der Waals surface area contributed by atoms with Crippen molar-refractivity contribution < 1.29 is 14.1 Å². The van der Waals surface area contributed by atoms with Gasteiger partial charge in [0.2, 0.25) is 0 Å². The molecule has 7 nitrogen and oxygen atoms in total. The summed E-state index contributed by atoms with van der Waals surface area (Å²) in [6, 6.07) is 9.17. The van der Waals surface area contributed by atoms with Gasteiger partial charge in [-0.15, -0.1) is 0 Å². The molecule has 1 aromatic heterocycles. The van der Waals surface area contributed by atoms with E-state index in [9.17, 15) is 14.9 Å². The molecule has 0 bridgehead atoms. The summed E-state index contributed by atoms with van der Waals surface area (Å²) in [5, 5.41) is 14.5. The molecule has 7 heteroatoms. The van der Waals surface area contributed by atoms with E-state index >= 15 is 0 Å². The fourth-order valence-corrected chi connectivity index (χ4v) is 2.34. The van der Waals surface area contributed by atoms with Gasteiger partial charge in [-0.1, -0.05) is 13.0 Å². The number of nitro benzene ring substituents is 1. The van der Waals surface area contributed by atoms with Gasteiger partial charge in [0, 0.05) is 23.6 Å². The summed E-state index contributed by atoms with van der Waals surface area (Å²) in [6.45, 7) is 2.17. The predicted octanol–water partition coefficient (Wildman–Crippen LogP) is 3.08. The van der Waals surface area contributed by atoms with Crippen molar-refractivity contribution in [3.05, 3.63) is 63.6 Å². The Hall–Kier alpha value is -2.96. The first-order valence-corrected chi connectivity index (χ1v) is 7.22. The molecule has 0 unspecified atom stereocenters. The Bertz CT molecular complexity index is 781. The van der Waals surface area contributed by atoms with Gasteiger partial charge in [0.25, 0.3) is 11.6 Å². The van der Waals surface area contributed by atoms with E-state index in [2.05, 4.69) is 17.5 Å². The zero-order chi connectivity index (χ0) is 16.4. The summed E-state index contributed by atoms with van der Waals surface area (Å²) in [4.78, 5) is 22.0. The number of carbonyl (C=O) groups is 1. The lowest BCUT2D eigenvalue weighted by Gasteiger charge is -1.99. The highest BCUT2D eigenvalue weighted by atomic mass is 16.6. The van der Waals surface area contributed by atoms with Crippen molar-refractivity contribution >= 4 is 17.8 Å². The van der Waals surface area contributed by atoms with Gasteiger partial charge >= 0.3 is 0 Å². The van der Waals surface area contributed by atoms with Gasteiger partial charge in [-0.05, 0) is 30.5 Å². The van der Waals surface area contributed by atoms with Crippen molar-refractivity contribution in [2.24, 2.45) is 11.0 Å². The number of benzene rings is 1. The second-order valence-corrected chi connectivity index (χ2v) is 5.57. The normalized spacial score (nSPS) is 19.7. The van der Waals surface area contributed by atoms with Crippen LogP contribution in [-0.2, 0) is 0 Å². The summed E-state index contributed by atoms with van der Waals surface area (Å²) >= 11 is 0. The van der Waals surface area contributed by atoms with Crippen LogP contribution < -0.4 is 5.43 Å². The second kappa shape index (κ2) is 6.04. The number of non-ortho nitro benzene ring substituents is 1. The van der Waals surface area contributed by atoms with E-state index in [0.717, 1.165) is 12.2 Å². The Kier molecular flexibility index (Phi) is 3.92. The minimum absolute atomic E-state index is 0.143. The molecule has 3 rings (SSSR count). The molecule has 0 spiro atoms. The van der Waals surface area contributed by atoms with Gasteiger partial charge in [-0.25, -0.2) is 5.43 Å². The maximum atomic E-state index is 11.9. The average Bonchev–Trinajstić information content (AvgIpc) is 3.09. The maximum Gasteiger partial charge on any atom is 0.271 e. The van der Waals surface area contributed by atoms with Crippen LogP contribution in [-0.4, -0.2) is 17.0 Å². The molecule has 1 fully saturated rings. The van der Waals surface area contributed by atoms with Crippen molar-refractivity contribution in [3.8, 4) is 0 Å². The van der Waals surface area contributed by atoms with Crippen LogP contribution in [0.2, 0.25) is 0 Å². The molecule has 2 atom stereocenters. The standard InChI is InChI=1S/C16H15N3O4/c1-10-7-14(10)15-6-5-13(23-15)9-17-18-16(20)11-3-2-4-12(8-11)19(21)22/h2-6,8-10,14H,7H2,1H3,(H,18,20)/b17-9-/t10-,14+/m0/s1. The van der Waals surface area contributed by atoms with Crippen molar-refractivity contribution in [2.45, 2.75) is 19.3 Å². The number of nitrogens with zero attached hydrogens (tertiary/aromatic N) is 2. The van der Waals surface area contributed by atoms with E-state index in [4.69, 9.17) is 4.42 Å². The number of amides is 1. The van der Waals surface area contributed by atoms with Crippen LogP contribution in [0.5, 0.6) is 0 Å². The van der Waals surface area contributed by atoms with Crippen LogP contribution in [0.1, 0.15) is 41.1 Å². The highest BCUT2D eigenvalue weighted by molar-refractivity contribution is 5.95. The smallest absolute Gasteiger partial charge is 0.271 e. The first-order chi connectivity index (χ1) is 11.0. The quantitative estimate of drug-likeness (QED) is 0.521. The first kappa shape index (κ1) is 15.0. The third kappa shape index (κ3) is 3.45. The summed E-state index contributed by atoms with van der Waals surface area (Å²) in [7, 11) is 0. The lowest BCUT2D eigenvalue weighted by atomic mass is 10.2. The van der Waals surface area contributed by atoms with Crippen molar-refractivity contribution in [1.29, 1.82) is 0 Å². The fourth-order valence-electron chi connectivity index (χ4n) is 2.34. The third-order valence-electron chi connectivity index (χ3n) is 3.80. The van der Waals surface area contributed by atoms with E-state index in [-0.39, 0.29) is 11.3 Å². The minimum Gasteiger partial charge on any atom is -0.460 e. The van der Waals surface area contributed by atoms with Gasteiger partial charge in [-0.3, -0.25) is 14.9 Å². The van der Waals surface area contributed by atoms with E-state index < -0.39 is 10.8 Å². The highest BCUT2D eigenvalue weighted by Gasteiger charge is 2.36. The van der Waals surface area contributed by atoms with E-state index in [1.807, 2.05) is 6.07 Å². The molecular weight excluding hydrogens is 298 g/mol. The number of carbonyl (C=O) groups excluding carboxylic acids is 1. The Morgan fingerprint density at radius 2 is 2.22 bits per heavy atom. The minimum atomic E-state index is -0.552.